The third kappa shape index (κ3) is 3.00. The van der Waals surface area contributed by atoms with Crippen LogP contribution >= 0.6 is 0 Å². The molecule has 4 nitrogen and oxygen atoms in total. The molecule has 0 saturated heterocycles. The second kappa shape index (κ2) is 6.78. The number of rotatable bonds is 4. The maximum atomic E-state index is 13.7. The summed E-state index contributed by atoms with van der Waals surface area (Å²) >= 11 is 0. The number of hydrogen-bond donors (Lipinski definition) is 0. The summed E-state index contributed by atoms with van der Waals surface area (Å²) in [6.07, 6.45) is 5.27. The normalized spacial score (nSPS) is 27.5. The fourth-order valence-electron chi connectivity index (χ4n) is 4.95. The highest BCUT2D eigenvalue weighted by Gasteiger charge is 2.45. The molecule has 0 aliphatic heterocycles. The van der Waals surface area contributed by atoms with E-state index >= 15 is 0 Å². The molecule has 2 saturated carbocycles. The molecule has 4 rings (SSSR count). The van der Waals surface area contributed by atoms with Crippen LogP contribution in [0.4, 0.5) is 4.39 Å². The van der Waals surface area contributed by atoms with E-state index in [9.17, 15) is 14.0 Å². The molecule has 0 N–H and O–H groups in total. The highest BCUT2D eigenvalue weighted by atomic mass is 19.1. The lowest BCUT2D eigenvalue weighted by Gasteiger charge is -2.16. The van der Waals surface area contributed by atoms with E-state index in [0.717, 1.165) is 42.1 Å². The topological polar surface area (TPSA) is 56.3 Å². The van der Waals surface area contributed by atoms with Crippen molar-refractivity contribution in [2.24, 2.45) is 17.8 Å². The van der Waals surface area contributed by atoms with Gasteiger partial charge in [-0.25, -0.2) is 9.18 Å². The van der Waals surface area contributed by atoms with Crippen molar-refractivity contribution in [1.82, 2.24) is 4.98 Å². The fourth-order valence-corrected chi connectivity index (χ4v) is 4.95. The summed E-state index contributed by atoms with van der Waals surface area (Å²) in [4.78, 5) is 28.2. The van der Waals surface area contributed by atoms with Gasteiger partial charge in [-0.15, -0.1) is 0 Å². The van der Waals surface area contributed by atoms with Gasteiger partial charge in [-0.1, -0.05) is 0 Å². The van der Waals surface area contributed by atoms with Crippen molar-refractivity contribution in [3.63, 3.8) is 0 Å². The molecule has 5 heteroatoms. The van der Waals surface area contributed by atoms with Gasteiger partial charge in [-0.2, -0.15) is 0 Å². The minimum Gasteiger partial charge on any atom is -0.460 e. The number of benzene rings is 1. The molecular formula is C21H22FNO3. The zero-order chi connectivity index (χ0) is 18.3. The van der Waals surface area contributed by atoms with Gasteiger partial charge in [0.25, 0.3) is 0 Å². The molecule has 0 amide bonds. The average molecular weight is 355 g/mol. The number of pyridine rings is 1. The van der Waals surface area contributed by atoms with Crippen LogP contribution in [-0.4, -0.2) is 23.3 Å². The van der Waals surface area contributed by atoms with Crippen LogP contribution in [0, 0.1) is 23.6 Å². The zero-order valence-corrected chi connectivity index (χ0v) is 14.8. The molecule has 4 atom stereocenters. The number of Topliss-reactive ketones (excluding diaryl/α,β-unsaturated/α-hetero) is 1. The molecule has 0 radical (unpaired) electrons. The number of hydrogen-bond acceptors (Lipinski definition) is 4. The van der Waals surface area contributed by atoms with Gasteiger partial charge in [-0.3, -0.25) is 9.78 Å². The van der Waals surface area contributed by atoms with Crippen molar-refractivity contribution in [2.75, 3.05) is 6.61 Å². The van der Waals surface area contributed by atoms with Crippen molar-refractivity contribution in [2.45, 2.75) is 38.5 Å². The second-order valence-electron chi connectivity index (χ2n) is 7.50. The molecule has 1 aromatic heterocycles. The first-order chi connectivity index (χ1) is 12.6. The van der Waals surface area contributed by atoms with Crippen LogP contribution in [0.1, 0.15) is 44.1 Å². The number of nitrogens with zero attached hydrogens (tertiary/aromatic N) is 1. The predicted molar refractivity (Wildman–Crippen MR) is 95.0 cm³/mol. The number of esters is 1. The van der Waals surface area contributed by atoms with E-state index in [1.54, 1.807) is 25.3 Å². The lowest BCUT2D eigenvalue weighted by atomic mass is 9.89. The minimum atomic E-state index is -0.690. The average Bonchev–Trinajstić information content (AvgIpc) is 3.19. The Labute approximate surface area is 151 Å². The zero-order valence-electron chi connectivity index (χ0n) is 14.8. The first-order valence-corrected chi connectivity index (χ1v) is 9.32. The number of halogens is 1. The molecule has 2 unspecified atom stereocenters. The number of ether oxygens (including phenoxy) is 1. The lowest BCUT2D eigenvalue weighted by molar-refractivity contribution is -0.155. The first kappa shape index (κ1) is 17.1. The molecule has 1 aromatic carbocycles. The van der Waals surface area contributed by atoms with Crippen LogP contribution in [-0.2, 0) is 14.3 Å². The smallest absolute Gasteiger partial charge is 0.374 e. The summed E-state index contributed by atoms with van der Waals surface area (Å²) < 4.78 is 18.6. The summed E-state index contributed by atoms with van der Waals surface area (Å²) in [7, 11) is 0. The van der Waals surface area contributed by atoms with Crippen molar-refractivity contribution in [1.29, 1.82) is 0 Å². The van der Waals surface area contributed by atoms with Crippen LogP contribution in [0.3, 0.4) is 0 Å². The van der Waals surface area contributed by atoms with E-state index in [1.165, 1.54) is 6.07 Å². The Kier molecular flexibility index (Phi) is 4.47. The van der Waals surface area contributed by atoms with Crippen LogP contribution < -0.4 is 0 Å². The van der Waals surface area contributed by atoms with E-state index in [0.29, 0.717) is 17.8 Å². The quantitative estimate of drug-likeness (QED) is 0.614. The standard InChI is InChI=1S/C21H22FNO3/c1-2-26-21(25)20(24)15-9-12-7-14(8-13(12)10-15)17-5-6-23-19-4-3-16(22)11-18(17)19/h3-6,11-15H,2,7-10H2,1H3/t12-,13+,14?,15?. The number of aromatic nitrogens is 1. The van der Waals surface area contributed by atoms with Gasteiger partial charge in [0.05, 0.1) is 12.1 Å². The molecule has 2 aliphatic carbocycles. The summed E-state index contributed by atoms with van der Waals surface area (Å²) in [5, 5.41) is 0.886. The highest BCUT2D eigenvalue weighted by molar-refractivity contribution is 6.34. The summed E-state index contributed by atoms with van der Waals surface area (Å²) in [6, 6.07) is 6.72. The minimum absolute atomic E-state index is 0.198. The van der Waals surface area contributed by atoms with Gasteiger partial charge in [-0.05, 0) is 80.2 Å². The second-order valence-corrected chi connectivity index (χ2v) is 7.50. The Balaban J connectivity index is 1.50. The molecular weight excluding hydrogens is 333 g/mol. The molecule has 2 aliphatic rings. The Morgan fingerprint density at radius 3 is 2.58 bits per heavy atom. The molecule has 0 spiro atoms. The van der Waals surface area contributed by atoms with E-state index in [4.69, 9.17) is 4.74 Å². The van der Waals surface area contributed by atoms with Gasteiger partial charge in [0.1, 0.15) is 5.82 Å². The number of carbonyl (C=O) groups excluding carboxylic acids is 2. The molecule has 2 aromatic rings. The number of fused-ring (bicyclic) bond motifs is 2. The maximum absolute atomic E-state index is 13.7. The summed E-state index contributed by atoms with van der Waals surface area (Å²) in [6.45, 7) is 1.94. The van der Waals surface area contributed by atoms with Crippen LogP contribution in [0.2, 0.25) is 0 Å². The highest BCUT2D eigenvalue weighted by Crippen LogP contribution is 2.53. The Hall–Kier alpha value is -2.30. The van der Waals surface area contributed by atoms with Gasteiger partial charge < -0.3 is 4.74 Å². The lowest BCUT2D eigenvalue weighted by Crippen LogP contribution is -2.24. The van der Waals surface area contributed by atoms with Gasteiger partial charge in [0, 0.05) is 17.5 Å². The predicted octanol–water partition coefficient (Wildman–Crippen LogP) is 4.03. The molecule has 136 valence electrons. The molecule has 2 fully saturated rings. The Bertz CT molecular complexity index is 851. The monoisotopic (exact) mass is 355 g/mol. The van der Waals surface area contributed by atoms with Crippen LogP contribution in [0.15, 0.2) is 30.5 Å². The third-order valence-electron chi connectivity index (χ3n) is 6.04. The maximum Gasteiger partial charge on any atom is 0.374 e. The summed E-state index contributed by atoms with van der Waals surface area (Å²) in [5.74, 6) is -0.253. The first-order valence-electron chi connectivity index (χ1n) is 9.32. The Morgan fingerprint density at radius 1 is 1.15 bits per heavy atom. The fraction of sp³-hybridized carbons (Fsp3) is 0.476. The van der Waals surface area contributed by atoms with Crippen LogP contribution in [0.25, 0.3) is 10.9 Å². The SMILES string of the molecule is CCOC(=O)C(=O)C1C[C@@H]2CC(c3ccnc4ccc(F)cc34)C[C@@H]2C1. The summed E-state index contributed by atoms with van der Waals surface area (Å²) in [5.41, 5.74) is 1.97. The van der Waals surface area contributed by atoms with Gasteiger partial charge in [0.2, 0.25) is 5.78 Å². The van der Waals surface area contributed by atoms with Crippen LogP contribution in [0.5, 0.6) is 0 Å². The number of carbonyl (C=O) groups is 2. The van der Waals surface area contributed by atoms with Crippen molar-refractivity contribution < 1.29 is 18.7 Å². The van der Waals surface area contributed by atoms with Crippen molar-refractivity contribution in [3.05, 3.63) is 41.8 Å². The van der Waals surface area contributed by atoms with Gasteiger partial charge >= 0.3 is 5.97 Å². The van der Waals surface area contributed by atoms with E-state index < -0.39 is 5.97 Å². The molecule has 0 bridgehead atoms. The number of ketones is 1. The Morgan fingerprint density at radius 2 is 1.88 bits per heavy atom. The van der Waals surface area contributed by atoms with E-state index in [1.807, 2.05) is 6.07 Å². The third-order valence-corrected chi connectivity index (χ3v) is 6.04. The van der Waals surface area contributed by atoms with E-state index in [2.05, 4.69) is 4.98 Å². The molecule has 26 heavy (non-hydrogen) atoms. The van der Waals surface area contributed by atoms with Crippen molar-refractivity contribution in [3.8, 4) is 0 Å². The van der Waals surface area contributed by atoms with Crippen molar-refractivity contribution >= 4 is 22.7 Å². The molecule has 1 heterocycles. The van der Waals surface area contributed by atoms with Gasteiger partial charge in [0.15, 0.2) is 0 Å². The van der Waals surface area contributed by atoms with E-state index in [-0.39, 0.29) is 24.1 Å². The largest absolute Gasteiger partial charge is 0.460 e.